The number of carbonyl (C=O) groups is 3. The zero-order chi connectivity index (χ0) is 28.1. The van der Waals surface area contributed by atoms with Gasteiger partial charge < -0.3 is 20.0 Å². The molecule has 0 spiro atoms. The van der Waals surface area contributed by atoms with Crippen molar-refractivity contribution in [3.63, 3.8) is 0 Å². The van der Waals surface area contributed by atoms with Gasteiger partial charge in [-0.1, -0.05) is 34.6 Å². The Morgan fingerprint density at radius 1 is 1.18 bits per heavy atom. The standard InChI is InChI=1S/C28H31N7O4/c1-27(2,3)23(34-24(36)19-12-31-14-39-19)26(38)35-13-17-20(28(17,4)5)22(35)25(37)33-18(9-29)16-11-30-10-15-7-6-8-32-21(15)16/h6-8,10-12,14,17-18,20,22-23H,13H2,1-5H3,(H,33,37)(H,34,36)/t17-,18?,20-,22-,23+/m0/s1. The van der Waals surface area contributed by atoms with Gasteiger partial charge in [-0.3, -0.25) is 24.4 Å². The molecule has 1 saturated heterocycles. The Labute approximate surface area is 226 Å². The summed E-state index contributed by atoms with van der Waals surface area (Å²) in [6, 6.07) is 3.04. The van der Waals surface area contributed by atoms with Gasteiger partial charge in [-0.05, 0) is 34.8 Å². The minimum Gasteiger partial charge on any atom is -0.438 e. The van der Waals surface area contributed by atoms with Crippen molar-refractivity contribution in [2.75, 3.05) is 6.54 Å². The average Bonchev–Trinajstić information content (AvgIpc) is 3.36. The first-order valence-electron chi connectivity index (χ1n) is 12.8. The Kier molecular flexibility index (Phi) is 6.37. The Balaban J connectivity index is 1.42. The van der Waals surface area contributed by atoms with E-state index >= 15 is 0 Å². The summed E-state index contributed by atoms with van der Waals surface area (Å²) in [5.41, 5.74) is 0.264. The number of carbonyl (C=O) groups excluding carboxylic acids is 3. The van der Waals surface area contributed by atoms with Gasteiger partial charge in [0.15, 0.2) is 6.39 Å². The lowest BCUT2D eigenvalue weighted by molar-refractivity contribution is -0.143. The molecule has 3 aromatic heterocycles. The molecular formula is C28H31N7O4. The van der Waals surface area contributed by atoms with Crippen LogP contribution in [0.2, 0.25) is 0 Å². The Morgan fingerprint density at radius 2 is 1.95 bits per heavy atom. The largest absolute Gasteiger partial charge is 0.438 e. The van der Waals surface area contributed by atoms with E-state index < -0.39 is 35.4 Å². The second kappa shape index (κ2) is 9.45. The summed E-state index contributed by atoms with van der Waals surface area (Å²) in [6.45, 7) is 10.1. The number of likely N-dealkylation sites (tertiary alicyclic amines) is 1. The number of nitrogens with one attached hydrogen (secondary N) is 2. The van der Waals surface area contributed by atoms with Crippen LogP contribution in [0.3, 0.4) is 0 Å². The van der Waals surface area contributed by atoms with Crippen molar-refractivity contribution in [1.29, 1.82) is 5.26 Å². The lowest BCUT2D eigenvalue weighted by Crippen LogP contribution is -2.59. The van der Waals surface area contributed by atoms with Crippen molar-refractivity contribution < 1.29 is 18.8 Å². The number of amides is 3. The molecule has 3 aromatic rings. The van der Waals surface area contributed by atoms with E-state index in [9.17, 15) is 19.6 Å². The van der Waals surface area contributed by atoms with E-state index in [-0.39, 0.29) is 28.9 Å². The van der Waals surface area contributed by atoms with Crippen LogP contribution in [0.4, 0.5) is 0 Å². The number of hydrogen-bond donors (Lipinski definition) is 2. The minimum absolute atomic E-state index is 0.00841. The van der Waals surface area contributed by atoms with Gasteiger partial charge in [0, 0.05) is 36.1 Å². The molecule has 39 heavy (non-hydrogen) atoms. The van der Waals surface area contributed by atoms with E-state index in [1.807, 2.05) is 26.8 Å². The maximum Gasteiger partial charge on any atom is 0.289 e. The molecule has 2 aliphatic rings. The van der Waals surface area contributed by atoms with Gasteiger partial charge in [-0.2, -0.15) is 5.26 Å². The van der Waals surface area contributed by atoms with E-state index in [0.29, 0.717) is 17.6 Å². The van der Waals surface area contributed by atoms with Gasteiger partial charge in [-0.15, -0.1) is 0 Å². The lowest BCUT2D eigenvalue weighted by atomic mass is 9.85. The Bertz CT molecular complexity index is 1470. The fourth-order valence-electron chi connectivity index (χ4n) is 5.80. The third kappa shape index (κ3) is 4.60. The molecule has 202 valence electrons. The van der Waals surface area contributed by atoms with Gasteiger partial charge in [0.2, 0.25) is 17.6 Å². The topological polar surface area (TPSA) is 154 Å². The third-order valence-corrected chi connectivity index (χ3v) is 8.07. The number of nitrogens with zero attached hydrogens (tertiary/aromatic N) is 5. The highest BCUT2D eigenvalue weighted by Crippen LogP contribution is 2.65. The van der Waals surface area contributed by atoms with Crippen LogP contribution in [0.5, 0.6) is 0 Å². The van der Waals surface area contributed by atoms with Gasteiger partial charge >= 0.3 is 0 Å². The van der Waals surface area contributed by atoms with Gasteiger partial charge in [0.25, 0.3) is 5.91 Å². The van der Waals surface area contributed by atoms with Gasteiger partial charge in [0.05, 0.1) is 17.8 Å². The molecule has 4 heterocycles. The monoisotopic (exact) mass is 529 g/mol. The Hall–Kier alpha value is -4.33. The van der Waals surface area contributed by atoms with Gasteiger partial charge in [-0.25, -0.2) is 4.98 Å². The average molecular weight is 530 g/mol. The fraction of sp³-hybridized carbons (Fsp3) is 0.464. The summed E-state index contributed by atoms with van der Waals surface area (Å²) >= 11 is 0. The molecular weight excluding hydrogens is 498 g/mol. The van der Waals surface area contributed by atoms with E-state index in [1.165, 1.54) is 12.4 Å². The predicted molar refractivity (Wildman–Crippen MR) is 140 cm³/mol. The van der Waals surface area contributed by atoms with E-state index in [0.717, 1.165) is 11.8 Å². The van der Waals surface area contributed by atoms with Crippen LogP contribution in [-0.2, 0) is 9.59 Å². The molecule has 2 N–H and O–H groups in total. The van der Waals surface area contributed by atoms with Crippen LogP contribution in [0, 0.1) is 34.0 Å². The molecule has 11 heteroatoms. The molecule has 0 bridgehead atoms. The highest BCUT2D eigenvalue weighted by molar-refractivity contribution is 5.97. The first-order chi connectivity index (χ1) is 18.4. The van der Waals surface area contributed by atoms with E-state index in [1.54, 1.807) is 23.4 Å². The van der Waals surface area contributed by atoms with Crippen molar-refractivity contribution in [3.8, 4) is 6.07 Å². The molecule has 11 nitrogen and oxygen atoms in total. The highest BCUT2D eigenvalue weighted by atomic mass is 16.3. The SMILES string of the molecule is CC(C)(C)[C@H](NC(=O)c1cnco1)C(=O)N1C[C@H]2[C@@H]([C@H]1C(=O)NC(C#N)c1cncc3cccnc13)C2(C)C. The molecule has 5 rings (SSSR count). The van der Waals surface area contributed by atoms with Crippen molar-refractivity contribution in [2.24, 2.45) is 22.7 Å². The van der Waals surface area contributed by atoms with Crippen LogP contribution in [0.1, 0.15) is 56.8 Å². The van der Waals surface area contributed by atoms with Gasteiger partial charge in [0.1, 0.15) is 18.1 Å². The van der Waals surface area contributed by atoms with Crippen molar-refractivity contribution in [1.82, 2.24) is 30.5 Å². The molecule has 5 atom stereocenters. The molecule has 1 saturated carbocycles. The number of hydrogen-bond acceptors (Lipinski definition) is 8. The zero-order valence-corrected chi connectivity index (χ0v) is 22.5. The summed E-state index contributed by atoms with van der Waals surface area (Å²) in [7, 11) is 0. The smallest absolute Gasteiger partial charge is 0.289 e. The van der Waals surface area contributed by atoms with Crippen LogP contribution in [-0.4, -0.2) is 56.2 Å². The van der Waals surface area contributed by atoms with Crippen LogP contribution in [0.15, 0.2) is 47.7 Å². The van der Waals surface area contributed by atoms with Crippen LogP contribution < -0.4 is 10.6 Å². The first-order valence-corrected chi connectivity index (χ1v) is 12.8. The summed E-state index contributed by atoms with van der Waals surface area (Å²) in [5.74, 6) is -1.30. The number of fused-ring (bicyclic) bond motifs is 2. The summed E-state index contributed by atoms with van der Waals surface area (Å²) in [6.07, 6.45) is 7.22. The fourth-order valence-corrected chi connectivity index (χ4v) is 5.80. The number of aromatic nitrogens is 3. The van der Waals surface area contributed by atoms with Crippen LogP contribution >= 0.6 is 0 Å². The molecule has 0 aromatic carbocycles. The minimum atomic E-state index is -1.01. The maximum absolute atomic E-state index is 14.0. The molecule has 0 radical (unpaired) electrons. The van der Waals surface area contributed by atoms with Crippen LogP contribution in [0.25, 0.3) is 10.9 Å². The quantitative estimate of drug-likeness (QED) is 0.494. The summed E-state index contributed by atoms with van der Waals surface area (Å²) < 4.78 is 5.10. The number of oxazole rings is 1. The first kappa shape index (κ1) is 26.3. The molecule has 1 aliphatic heterocycles. The summed E-state index contributed by atoms with van der Waals surface area (Å²) in [5, 5.41) is 16.4. The number of piperidine rings is 1. The predicted octanol–water partition coefficient (Wildman–Crippen LogP) is 2.63. The maximum atomic E-state index is 14.0. The van der Waals surface area contributed by atoms with E-state index in [4.69, 9.17) is 4.42 Å². The third-order valence-electron chi connectivity index (χ3n) is 8.07. The molecule has 2 fully saturated rings. The number of rotatable bonds is 6. The molecule has 3 amide bonds. The Morgan fingerprint density at radius 3 is 2.62 bits per heavy atom. The second-order valence-electron chi connectivity index (χ2n) is 11.9. The summed E-state index contributed by atoms with van der Waals surface area (Å²) in [4.78, 5) is 54.5. The van der Waals surface area contributed by atoms with Crippen molar-refractivity contribution in [3.05, 3.63) is 54.6 Å². The molecule has 1 aliphatic carbocycles. The lowest BCUT2D eigenvalue weighted by Gasteiger charge is -2.37. The zero-order valence-electron chi connectivity index (χ0n) is 22.5. The normalized spacial score (nSPS) is 22.9. The molecule has 1 unspecified atom stereocenters. The number of nitriles is 1. The van der Waals surface area contributed by atoms with E-state index in [2.05, 4.69) is 45.5 Å². The highest BCUT2D eigenvalue weighted by Gasteiger charge is 2.69. The number of pyridine rings is 2. The van der Waals surface area contributed by atoms with Crippen molar-refractivity contribution in [2.45, 2.75) is 52.7 Å². The van der Waals surface area contributed by atoms with Crippen molar-refractivity contribution >= 4 is 28.6 Å². The second-order valence-corrected chi connectivity index (χ2v) is 11.9.